The van der Waals surface area contributed by atoms with Crippen molar-refractivity contribution in [2.24, 2.45) is 0 Å². The van der Waals surface area contributed by atoms with Crippen LogP contribution in [0.4, 0.5) is 5.13 Å². The summed E-state index contributed by atoms with van der Waals surface area (Å²) in [6, 6.07) is 14.0. The number of nitrogens with one attached hydrogen (secondary N) is 2. The summed E-state index contributed by atoms with van der Waals surface area (Å²) in [7, 11) is 0. The van der Waals surface area contributed by atoms with E-state index in [9.17, 15) is 9.59 Å². The number of nitrogens with zero attached hydrogens (tertiary/aromatic N) is 4. The molecule has 0 spiro atoms. The normalized spacial score (nSPS) is 12.0. The van der Waals surface area contributed by atoms with Crippen molar-refractivity contribution in [2.45, 2.75) is 31.6 Å². The second kappa shape index (κ2) is 10.3. The Hall–Kier alpha value is -2.95. The zero-order valence-corrected chi connectivity index (χ0v) is 20.3. The van der Waals surface area contributed by atoms with Crippen LogP contribution in [0.1, 0.15) is 36.1 Å². The lowest BCUT2D eigenvalue weighted by molar-refractivity contribution is -0.113. The third-order valence-corrected chi connectivity index (χ3v) is 6.95. The van der Waals surface area contributed by atoms with Gasteiger partial charge in [-0.25, -0.2) is 4.98 Å². The topological polar surface area (TPSA) is 102 Å². The molecule has 0 saturated carbocycles. The number of rotatable bonds is 8. The number of fused-ring (bicyclic) bond motifs is 1. The van der Waals surface area contributed by atoms with Crippen LogP contribution in [-0.2, 0) is 11.3 Å². The second-order valence-corrected chi connectivity index (χ2v) is 9.52. The number of hydrogen-bond donors (Lipinski definition) is 2. The first kappa shape index (κ1) is 23.2. The average Bonchev–Trinajstić information content (AvgIpc) is 3.41. The molecule has 2 aromatic heterocycles. The fraction of sp³-hybridized carbons (Fsp3) is 0.227. The first-order valence-electron chi connectivity index (χ1n) is 10.2. The van der Waals surface area contributed by atoms with Gasteiger partial charge in [-0.1, -0.05) is 46.8 Å². The summed E-state index contributed by atoms with van der Waals surface area (Å²) in [5.41, 5.74) is 1.37. The molecule has 33 heavy (non-hydrogen) atoms. The highest BCUT2D eigenvalue weighted by Gasteiger charge is 2.20. The minimum absolute atomic E-state index is 0.166. The van der Waals surface area contributed by atoms with Crippen molar-refractivity contribution >= 4 is 61.9 Å². The molecule has 2 heterocycles. The summed E-state index contributed by atoms with van der Waals surface area (Å²) in [5.74, 6) is 0.387. The summed E-state index contributed by atoms with van der Waals surface area (Å²) in [5, 5.41) is 16.0. The molecule has 4 rings (SSSR count). The Balaban J connectivity index is 1.37. The SMILES string of the molecule is CCn1c(SCC(=O)Nc2nc3ccccc3s2)nnc1[C@H](C)NC(=O)c1ccc(Cl)cc1. The summed E-state index contributed by atoms with van der Waals surface area (Å²) in [6.45, 7) is 4.41. The fourth-order valence-corrected chi connectivity index (χ4v) is 5.00. The van der Waals surface area contributed by atoms with Gasteiger partial charge in [0.1, 0.15) is 0 Å². The van der Waals surface area contributed by atoms with E-state index in [1.54, 1.807) is 24.3 Å². The van der Waals surface area contributed by atoms with Gasteiger partial charge in [0.2, 0.25) is 5.91 Å². The molecule has 0 fully saturated rings. The molecule has 0 bridgehead atoms. The first-order chi connectivity index (χ1) is 15.9. The predicted molar refractivity (Wildman–Crippen MR) is 132 cm³/mol. The lowest BCUT2D eigenvalue weighted by Gasteiger charge is -2.15. The van der Waals surface area contributed by atoms with Gasteiger partial charge in [-0.3, -0.25) is 9.59 Å². The van der Waals surface area contributed by atoms with Gasteiger partial charge in [0.05, 0.1) is 22.0 Å². The van der Waals surface area contributed by atoms with E-state index in [0.29, 0.717) is 33.2 Å². The Morgan fingerprint density at radius 3 is 2.64 bits per heavy atom. The molecule has 8 nitrogen and oxygen atoms in total. The van der Waals surface area contributed by atoms with Crippen LogP contribution in [0.5, 0.6) is 0 Å². The predicted octanol–water partition coefficient (Wildman–Crippen LogP) is 4.78. The quantitative estimate of drug-likeness (QED) is 0.337. The fourth-order valence-electron chi connectivity index (χ4n) is 3.18. The van der Waals surface area contributed by atoms with Crippen molar-refractivity contribution in [1.82, 2.24) is 25.1 Å². The number of thiazole rings is 1. The van der Waals surface area contributed by atoms with Gasteiger partial charge < -0.3 is 15.2 Å². The van der Waals surface area contributed by atoms with Crippen LogP contribution < -0.4 is 10.6 Å². The molecule has 4 aromatic rings. The monoisotopic (exact) mass is 500 g/mol. The number of hydrogen-bond acceptors (Lipinski definition) is 7. The van der Waals surface area contributed by atoms with Crippen molar-refractivity contribution in [2.75, 3.05) is 11.1 Å². The number of carbonyl (C=O) groups is 2. The van der Waals surface area contributed by atoms with Gasteiger partial charge in [-0.15, -0.1) is 10.2 Å². The third-order valence-electron chi connectivity index (χ3n) is 4.78. The average molecular weight is 501 g/mol. The zero-order chi connectivity index (χ0) is 23.4. The summed E-state index contributed by atoms with van der Waals surface area (Å²) < 4.78 is 2.91. The van der Waals surface area contributed by atoms with E-state index < -0.39 is 0 Å². The summed E-state index contributed by atoms with van der Waals surface area (Å²) in [6.07, 6.45) is 0. The lowest BCUT2D eigenvalue weighted by atomic mass is 10.2. The molecular weight excluding hydrogens is 480 g/mol. The van der Waals surface area contributed by atoms with Crippen LogP contribution in [0.2, 0.25) is 5.02 Å². The van der Waals surface area contributed by atoms with E-state index in [2.05, 4.69) is 25.8 Å². The van der Waals surface area contributed by atoms with E-state index in [0.717, 1.165) is 10.2 Å². The van der Waals surface area contributed by atoms with Gasteiger partial charge in [0.25, 0.3) is 5.91 Å². The number of amides is 2. The first-order valence-corrected chi connectivity index (χ1v) is 12.4. The van der Waals surface area contributed by atoms with E-state index in [1.165, 1.54) is 23.1 Å². The summed E-state index contributed by atoms with van der Waals surface area (Å²) in [4.78, 5) is 29.4. The van der Waals surface area contributed by atoms with Crippen LogP contribution in [0, 0.1) is 0 Å². The summed E-state index contributed by atoms with van der Waals surface area (Å²) >= 11 is 8.61. The highest BCUT2D eigenvalue weighted by Crippen LogP contribution is 2.26. The van der Waals surface area contributed by atoms with Gasteiger partial charge in [0, 0.05) is 17.1 Å². The minimum Gasteiger partial charge on any atom is -0.342 e. The van der Waals surface area contributed by atoms with Crippen LogP contribution in [0.3, 0.4) is 0 Å². The molecule has 0 aliphatic heterocycles. The number of benzene rings is 2. The Morgan fingerprint density at radius 1 is 1.15 bits per heavy atom. The molecule has 11 heteroatoms. The van der Waals surface area contributed by atoms with E-state index >= 15 is 0 Å². The minimum atomic E-state index is -0.369. The Morgan fingerprint density at radius 2 is 1.91 bits per heavy atom. The lowest BCUT2D eigenvalue weighted by Crippen LogP contribution is -2.28. The van der Waals surface area contributed by atoms with Crippen molar-refractivity contribution in [3.8, 4) is 0 Å². The third kappa shape index (κ3) is 5.52. The second-order valence-electron chi connectivity index (χ2n) is 7.11. The molecule has 170 valence electrons. The number of halogens is 1. The maximum absolute atomic E-state index is 12.5. The molecule has 0 unspecified atom stereocenters. The molecule has 0 saturated heterocycles. The maximum atomic E-state index is 12.5. The van der Waals surface area contributed by atoms with E-state index in [4.69, 9.17) is 11.6 Å². The zero-order valence-electron chi connectivity index (χ0n) is 17.9. The van der Waals surface area contributed by atoms with Crippen molar-refractivity contribution in [3.05, 3.63) is 64.9 Å². The van der Waals surface area contributed by atoms with Crippen molar-refractivity contribution in [1.29, 1.82) is 0 Å². The number of anilines is 1. The molecule has 2 aromatic carbocycles. The Labute approximate surface area is 203 Å². The Kier molecular flexibility index (Phi) is 7.26. The molecule has 0 aliphatic rings. The smallest absolute Gasteiger partial charge is 0.251 e. The van der Waals surface area contributed by atoms with Crippen LogP contribution in [0.15, 0.2) is 53.7 Å². The van der Waals surface area contributed by atoms with E-state index in [-0.39, 0.29) is 23.6 Å². The number of para-hydroxylation sites is 1. The Bertz CT molecular complexity index is 1250. The molecule has 0 radical (unpaired) electrons. The largest absolute Gasteiger partial charge is 0.342 e. The molecule has 1 atom stereocenters. The van der Waals surface area contributed by atoms with Crippen LogP contribution in [0.25, 0.3) is 10.2 Å². The number of carbonyl (C=O) groups excluding carboxylic acids is 2. The van der Waals surface area contributed by atoms with Crippen LogP contribution >= 0.6 is 34.7 Å². The standard InChI is InChI=1S/C22H21ClN6O2S2/c1-3-29-19(13(2)24-20(31)14-8-10-15(23)11-9-14)27-28-22(29)32-12-18(30)26-21-25-16-6-4-5-7-17(16)33-21/h4-11,13H,3,12H2,1-2H3,(H,24,31)(H,25,26,30)/t13-/m0/s1. The number of thioether (sulfide) groups is 1. The molecular formula is C22H21ClN6O2S2. The van der Waals surface area contributed by atoms with E-state index in [1.807, 2.05) is 42.7 Å². The molecule has 2 amide bonds. The molecule has 0 aliphatic carbocycles. The highest BCUT2D eigenvalue weighted by atomic mass is 35.5. The van der Waals surface area contributed by atoms with Crippen LogP contribution in [-0.4, -0.2) is 37.3 Å². The highest BCUT2D eigenvalue weighted by molar-refractivity contribution is 7.99. The molecule has 2 N–H and O–H groups in total. The van der Waals surface area contributed by atoms with Gasteiger partial charge in [-0.05, 0) is 50.2 Å². The van der Waals surface area contributed by atoms with Gasteiger partial charge in [0.15, 0.2) is 16.1 Å². The van der Waals surface area contributed by atoms with Crippen molar-refractivity contribution in [3.63, 3.8) is 0 Å². The maximum Gasteiger partial charge on any atom is 0.251 e. The van der Waals surface area contributed by atoms with Crippen molar-refractivity contribution < 1.29 is 9.59 Å². The number of aromatic nitrogens is 4. The van der Waals surface area contributed by atoms with Gasteiger partial charge in [-0.2, -0.15) is 0 Å². The van der Waals surface area contributed by atoms with Gasteiger partial charge >= 0.3 is 0 Å².